The summed E-state index contributed by atoms with van der Waals surface area (Å²) in [5, 5.41) is 10.2. The highest BCUT2D eigenvalue weighted by atomic mass is 32.1. The van der Waals surface area contributed by atoms with Crippen molar-refractivity contribution in [2.75, 3.05) is 6.54 Å². The van der Waals surface area contributed by atoms with Crippen LogP contribution in [0.5, 0.6) is 0 Å². The van der Waals surface area contributed by atoms with Crippen molar-refractivity contribution in [2.24, 2.45) is 5.92 Å². The van der Waals surface area contributed by atoms with Gasteiger partial charge in [0.05, 0.1) is 0 Å². The van der Waals surface area contributed by atoms with Crippen LogP contribution in [0, 0.1) is 10.7 Å². The number of carbonyl (C=O) groups is 1. The summed E-state index contributed by atoms with van der Waals surface area (Å²) in [6.07, 6.45) is 6.88. The minimum absolute atomic E-state index is 0.0828. The van der Waals surface area contributed by atoms with Crippen LogP contribution in [0.25, 0.3) is 0 Å². The highest BCUT2D eigenvalue weighted by molar-refractivity contribution is 7.71. The van der Waals surface area contributed by atoms with Gasteiger partial charge in [-0.1, -0.05) is 6.07 Å². The fourth-order valence-electron chi connectivity index (χ4n) is 3.07. The van der Waals surface area contributed by atoms with E-state index in [0.29, 0.717) is 29.7 Å². The van der Waals surface area contributed by atoms with Gasteiger partial charge in [0, 0.05) is 37.3 Å². The number of hydrogen-bond acceptors (Lipinski definition) is 4. The number of H-pyrrole nitrogens is 1. The number of hydrogen-bond donors (Lipinski definition) is 2. The molecule has 2 heterocycles. The zero-order chi connectivity index (χ0) is 15.8. The number of nitrogens with one attached hydrogen (secondary N) is 2. The van der Waals surface area contributed by atoms with Gasteiger partial charge in [-0.05, 0) is 49.0 Å². The summed E-state index contributed by atoms with van der Waals surface area (Å²) < 4.78 is 2.65. The Morgan fingerprint density at radius 2 is 2.35 bits per heavy atom. The third kappa shape index (κ3) is 3.06. The van der Waals surface area contributed by atoms with Crippen molar-refractivity contribution in [3.8, 4) is 0 Å². The predicted molar refractivity (Wildman–Crippen MR) is 87.5 cm³/mol. The Hall–Kier alpha value is -2.02. The van der Waals surface area contributed by atoms with E-state index in [0.717, 1.165) is 17.8 Å². The molecule has 1 amide bonds. The maximum absolute atomic E-state index is 12.2. The number of amides is 1. The van der Waals surface area contributed by atoms with Crippen molar-refractivity contribution in [3.63, 3.8) is 0 Å². The molecule has 23 heavy (non-hydrogen) atoms. The van der Waals surface area contributed by atoms with E-state index < -0.39 is 0 Å². The Balaban J connectivity index is 1.30. The van der Waals surface area contributed by atoms with Gasteiger partial charge in [-0.15, -0.1) is 0 Å². The van der Waals surface area contributed by atoms with Gasteiger partial charge in [0.25, 0.3) is 0 Å². The lowest BCUT2D eigenvalue weighted by Crippen LogP contribution is -2.29. The number of pyridine rings is 1. The first-order chi connectivity index (χ1) is 11.2. The van der Waals surface area contributed by atoms with Gasteiger partial charge in [0.15, 0.2) is 4.77 Å². The second-order valence-corrected chi connectivity index (χ2v) is 6.73. The lowest BCUT2D eigenvalue weighted by Gasteiger charge is -2.08. The normalized spacial score (nSPS) is 22.8. The molecule has 0 spiro atoms. The van der Waals surface area contributed by atoms with Crippen LogP contribution in [-0.4, -0.2) is 32.2 Å². The standard InChI is InChI=1S/C16H19N5OS/c22-15(13-8-12(13)11-2-1-5-17-9-11)18-6-7-21-14(10-3-4-10)19-20-16(21)23/h1-2,5,9-10,12-13H,3-4,6-8H2,(H,18,22)(H,20,23)/t12-,13+/m1/s1. The van der Waals surface area contributed by atoms with E-state index in [2.05, 4.69) is 20.5 Å². The largest absolute Gasteiger partial charge is 0.354 e. The molecule has 2 saturated carbocycles. The summed E-state index contributed by atoms with van der Waals surface area (Å²) in [5.74, 6) is 2.10. The average Bonchev–Trinajstić information content (AvgIpc) is 3.47. The predicted octanol–water partition coefficient (Wildman–Crippen LogP) is 2.13. The number of aromatic amines is 1. The van der Waals surface area contributed by atoms with Crippen molar-refractivity contribution in [3.05, 3.63) is 40.7 Å². The third-order valence-electron chi connectivity index (χ3n) is 4.60. The zero-order valence-corrected chi connectivity index (χ0v) is 13.6. The van der Waals surface area contributed by atoms with Crippen LogP contribution in [0.15, 0.2) is 24.5 Å². The average molecular weight is 329 g/mol. The zero-order valence-electron chi connectivity index (χ0n) is 12.7. The van der Waals surface area contributed by atoms with Crippen LogP contribution < -0.4 is 5.32 Å². The Morgan fingerprint density at radius 1 is 1.48 bits per heavy atom. The van der Waals surface area contributed by atoms with Gasteiger partial charge in [0.2, 0.25) is 5.91 Å². The van der Waals surface area contributed by atoms with E-state index in [4.69, 9.17) is 12.2 Å². The van der Waals surface area contributed by atoms with Crippen molar-refractivity contribution >= 4 is 18.1 Å². The molecule has 2 aliphatic rings. The summed E-state index contributed by atoms with van der Waals surface area (Å²) in [5.41, 5.74) is 1.15. The fourth-order valence-corrected chi connectivity index (χ4v) is 3.30. The summed E-state index contributed by atoms with van der Waals surface area (Å²) in [4.78, 5) is 16.4. The molecule has 2 N–H and O–H groups in total. The van der Waals surface area contributed by atoms with Crippen LogP contribution in [0.3, 0.4) is 0 Å². The van der Waals surface area contributed by atoms with Crippen LogP contribution in [0.2, 0.25) is 0 Å². The maximum atomic E-state index is 12.2. The minimum atomic E-state index is 0.0828. The molecule has 2 aromatic heterocycles. The smallest absolute Gasteiger partial charge is 0.223 e. The fraction of sp³-hybridized carbons (Fsp3) is 0.500. The Labute approximate surface area is 139 Å². The Morgan fingerprint density at radius 3 is 3.09 bits per heavy atom. The molecule has 0 aromatic carbocycles. The van der Waals surface area contributed by atoms with Gasteiger partial charge < -0.3 is 9.88 Å². The van der Waals surface area contributed by atoms with Crippen LogP contribution in [-0.2, 0) is 11.3 Å². The van der Waals surface area contributed by atoms with Crippen LogP contribution in [0.4, 0.5) is 0 Å². The second kappa shape index (κ2) is 5.88. The summed E-state index contributed by atoms with van der Waals surface area (Å²) in [6.45, 7) is 1.26. The van der Waals surface area contributed by atoms with E-state index in [1.165, 1.54) is 12.8 Å². The van der Waals surface area contributed by atoms with Gasteiger partial charge in [0.1, 0.15) is 5.82 Å². The van der Waals surface area contributed by atoms with E-state index in [-0.39, 0.29) is 11.8 Å². The molecule has 0 unspecified atom stereocenters. The lowest BCUT2D eigenvalue weighted by atomic mass is 10.1. The van der Waals surface area contributed by atoms with Crippen molar-refractivity contribution < 1.29 is 4.79 Å². The topological polar surface area (TPSA) is 75.6 Å². The quantitative estimate of drug-likeness (QED) is 0.796. The molecule has 4 rings (SSSR count). The summed E-state index contributed by atoms with van der Waals surface area (Å²) in [6, 6.07) is 3.96. The third-order valence-corrected chi connectivity index (χ3v) is 4.92. The Kier molecular flexibility index (Phi) is 3.72. The molecule has 6 nitrogen and oxygen atoms in total. The number of nitrogens with zero attached hydrogens (tertiary/aromatic N) is 3. The monoisotopic (exact) mass is 329 g/mol. The minimum Gasteiger partial charge on any atom is -0.354 e. The van der Waals surface area contributed by atoms with Crippen LogP contribution >= 0.6 is 12.2 Å². The molecule has 2 aromatic rings. The molecule has 120 valence electrons. The molecular formula is C16H19N5OS. The number of carbonyl (C=O) groups excluding carboxylic acids is 1. The number of rotatable bonds is 6. The maximum Gasteiger partial charge on any atom is 0.223 e. The molecule has 0 saturated heterocycles. The molecule has 0 radical (unpaired) electrons. The highest BCUT2D eigenvalue weighted by Crippen LogP contribution is 2.47. The summed E-state index contributed by atoms with van der Waals surface area (Å²) in [7, 11) is 0. The first-order valence-corrected chi connectivity index (χ1v) is 8.47. The molecule has 2 aliphatic carbocycles. The second-order valence-electron chi connectivity index (χ2n) is 6.34. The van der Waals surface area contributed by atoms with E-state index in [1.54, 1.807) is 6.20 Å². The van der Waals surface area contributed by atoms with E-state index in [1.807, 2.05) is 22.9 Å². The van der Waals surface area contributed by atoms with Gasteiger partial charge >= 0.3 is 0 Å². The molecule has 0 aliphatic heterocycles. The van der Waals surface area contributed by atoms with Crippen molar-refractivity contribution in [2.45, 2.75) is 37.6 Å². The first-order valence-electron chi connectivity index (χ1n) is 8.07. The van der Waals surface area contributed by atoms with E-state index >= 15 is 0 Å². The van der Waals surface area contributed by atoms with Crippen molar-refractivity contribution in [1.82, 2.24) is 25.1 Å². The van der Waals surface area contributed by atoms with Gasteiger partial charge in [-0.2, -0.15) is 5.10 Å². The van der Waals surface area contributed by atoms with Crippen molar-refractivity contribution in [1.29, 1.82) is 0 Å². The Bertz CT molecular complexity index is 764. The summed E-state index contributed by atoms with van der Waals surface area (Å²) >= 11 is 5.27. The molecule has 7 heteroatoms. The van der Waals surface area contributed by atoms with E-state index in [9.17, 15) is 4.79 Å². The number of aromatic nitrogens is 4. The van der Waals surface area contributed by atoms with Gasteiger partial charge in [-0.25, -0.2) is 0 Å². The SMILES string of the molecule is O=C(NCCn1c(C2CC2)n[nH]c1=S)[C@H]1C[C@@H]1c1cccnc1. The molecule has 2 atom stereocenters. The first kappa shape index (κ1) is 14.6. The molecular weight excluding hydrogens is 310 g/mol. The van der Waals surface area contributed by atoms with Crippen LogP contribution in [0.1, 0.15) is 42.5 Å². The van der Waals surface area contributed by atoms with Gasteiger partial charge in [-0.3, -0.25) is 14.9 Å². The highest BCUT2D eigenvalue weighted by Gasteiger charge is 2.43. The lowest BCUT2D eigenvalue weighted by molar-refractivity contribution is -0.122. The molecule has 0 bridgehead atoms. The molecule has 2 fully saturated rings.